The molecule has 0 bridgehead atoms. The van der Waals surface area contributed by atoms with Crippen LogP contribution in [-0.2, 0) is 7.05 Å². The number of aromatic nitrogens is 5. The molecule has 1 aromatic carbocycles. The minimum Gasteiger partial charge on any atom is -0.462 e. The van der Waals surface area contributed by atoms with Gasteiger partial charge in [-0.2, -0.15) is 4.98 Å². The molecule has 0 atom stereocenters. The van der Waals surface area contributed by atoms with Crippen LogP contribution in [0.2, 0.25) is 0 Å². The van der Waals surface area contributed by atoms with Gasteiger partial charge in [0.05, 0.1) is 18.9 Å². The molecule has 0 unspecified atom stereocenters. The van der Waals surface area contributed by atoms with Crippen molar-refractivity contribution >= 4 is 11.2 Å². The molecule has 0 radical (unpaired) electrons. The van der Waals surface area contributed by atoms with Crippen molar-refractivity contribution in [1.82, 2.24) is 29.6 Å². The van der Waals surface area contributed by atoms with E-state index >= 15 is 0 Å². The lowest BCUT2D eigenvalue weighted by Gasteiger charge is -2.11. The Kier molecular flexibility index (Phi) is 6.06. The first kappa shape index (κ1) is 19.6. The Bertz CT molecular complexity index is 1080. The van der Waals surface area contributed by atoms with Crippen molar-refractivity contribution in [2.75, 3.05) is 26.3 Å². The SMILES string of the molecule is Cn1c(=O)c2nc(OCCCNCCO)nnc2n(-c2ccc(F)cc2)c1=O. The standard InChI is InChI=1S/C17H19FN6O4/c1-23-15(26)13-14(24(17(23)27)12-5-3-11(18)4-6-12)21-22-16(20-13)28-10-2-7-19-8-9-25/h3-6,19,25H,2,7-10H2,1H3. The second kappa shape index (κ2) is 8.67. The molecule has 0 spiro atoms. The summed E-state index contributed by atoms with van der Waals surface area (Å²) in [5, 5.41) is 19.5. The predicted molar refractivity (Wildman–Crippen MR) is 98.2 cm³/mol. The van der Waals surface area contributed by atoms with Gasteiger partial charge in [0.15, 0.2) is 11.2 Å². The third-order valence-corrected chi connectivity index (χ3v) is 3.95. The Morgan fingerprint density at radius 1 is 1.18 bits per heavy atom. The number of hydrogen-bond acceptors (Lipinski definition) is 8. The zero-order chi connectivity index (χ0) is 20.1. The van der Waals surface area contributed by atoms with Crippen molar-refractivity contribution in [2.24, 2.45) is 7.05 Å². The van der Waals surface area contributed by atoms with Gasteiger partial charge in [-0.1, -0.05) is 5.10 Å². The third-order valence-electron chi connectivity index (χ3n) is 3.95. The van der Waals surface area contributed by atoms with E-state index in [1.807, 2.05) is 0 Å². The molecule has 10 nitrogen and oxygen atoms in total. The number of halogens is 1. The topological polar surface area (TPSA) is 124 Å². The van der Waals surface area contributed by atoms with Crippen LogP contribution in [0.15, 0.2) is 33.9 Å². The second-order valence-corrected chi connectivity index (χ2v) is 5.90. The van der Waals surface area contributed by atoms with E-state index < -0.39 is 17.1 Å². The highest BCUT2D eigenvalue weighted by Crippen LogP contribution is 2.12. The Morgan fingerprint density at radius 2 is 1.93 bits per heavy atom. The van der Waals surface area contributed by atoms with Crippen LogP contribution in [0.1, 0.15) is 6.42 Å². The van der Waals surface area contributed by atoms with Crippen molar-refractivity contribution in [3.63, 3.8) is 0 Å². The van der Waals surface area contributed by atoms with Gasteiger partial charge in [-0.3, -0.25) is 9.36 Å². The highest BCUT2D eigenvalue weighted by atomic mass is 19.1. The summed E-state index contributed by atoms with van der Waals surface area (Å²) >= 11 is 0. The molecule has 0 fully saturated rings. The zero-order valence-corrected chi connectivity index (χ0v) is 15.1. The molecule has 3 rings (SSSR count). The maximum Gasteiger partial charge on any atom is 0.337 e. The smallest absolute Gasteiger partial charge is 0.337 e. The summed E-state index contributed by atoms with van der Waals surface area (Å²) in [4.78, 5) is 29.1. The first-order chi connectivity index (χ1) is 13.5. The quantitative estimate of drug-likeness (QED) is 0.487. The van der Waals surface area contributed by atoms with Crippen LogP contribution in [0.25, 0.3) is 16.9 Å². The summed E-state index contributed by atoms with van der Waals surface area (Å²) in [6.07, 6.45) is 0.633. The van der Waals surface area contributed by atoms with E-state index in [2.05, 4.69) is 20.5 Å². The molecule has 0 saturated carbocycles. The van der Waals surface area contributed by atoms with E-state index in [4.69, 9.17) is 9.84 Å². The van der Waals surface area contributed by atoms with Crippen molar-refractivity contribution in [3.8, 4) is 11.7 Å². The highest BCUT2D eigenvalue weighted by Gasteiger charge is 2.17. The molecule has 28 heavy (non-hydrogen) atoms. The maximum absolute atomic E-state index is 13.2. The third kappa shape index (κ3) is 4.05. The molecule has 0 aliphatic carbocycles. The average Bonchev–Trinajstić information content (AvgIpc) is 2.70. The molecule has 2 N–H and O–H groups in total. The normalized spacial score (nSPS) is 11.1. The Hall–Kier alpha value is -3.18. The molecule has 0 aliphatic rings. The van der Waals surface area contributed by atoms with Crippen molar-refractivity contribution in [3.05, 3.63) is 50.9 Å². The lowest BCUT2D eigenvalue weighted by molar-refractivity contribution is 0.271. The lowest BCUT2D eigenvalue weighted by Crippen LogP contribution is -2.38. The molecule has 2 aromatic heterocycles. The number of nitrogens with zero attached hydrogens (tertiary/aromatic N) is 5. The Balaban J connectivity index is 1.94. The molecule has 2 heterocycles. The van der Waals surface area contributed by atoms with E-state index in [0.717, 1.165) is 9.13 Å². The highest BCUT2D eigenvalue weighted by molar-refractivity contribution is 5.70. The molecule has 3 aromatic rings. The molecule has 0 aliphatic heterocycles. The van der Waals surface area contributed by atoms with Crippen molar-refractivity contribution in [2.45, 2.75) is 6.42 Å². The molecular weight excluding hydrogens is 371 g/mol. The fourth-order valence-electron chi connectivity index (χ4n) is 2.53. The number of nitrogens with one attached hydrogen (secondary N) is 1. The second-order valence-electron chi connectivity index (χ2n) is 5.90. The van der Waals surface area contributed by atoms with Crippen LogP contribution in [0.5, 0.6) is 6.01 Å². The van der Waals surface area contributed by atoms with Crippen LogP contribution < -0.4 is 21.3 Å². The van der Waals surface area contributed by atoms with Gasteiger partial charge in [-0.05, 0) is 37.2 Å². The number of aliphatic hydroxyl groups excluding tert-OH is 1. The van der Waals surface area contributed by atoms with Gasteiger partial charge >= 0.3 is 11.7 Å². The Labute approximate surface area is 158 Å². The van der Waals surface area contributed by atoms with E-state index in [0.29, 0.717) is 25.2 Å². The molecule has 148 valence electrons. The monoisotopic (exact) mass is 390 g/mol. The summed E-state index contributed by atoms with van der Waals surface area (Å²) in [7, 11) is 1.32. The van der Waals surface area contributed by atoms with Crippen LogP contribution in [0.3, 0.4) is 0 Å². The summed E-state index contributed by atoms with van der Waals surface area (Å²) < 4.78 is 20.7. The number of aliphatic hydroxyl groups is 1. The summed E-state index contributed by atoms with van der Waals surface area (Å²) in [5.41, 5.74) is -1.09. The largest absolute Gasteiger partial charge is 0.462 e. The number of ether oxygens (including phenoxy) is 1. The lowest BCUT2D eigenvalue weighted by atomic mass is 10.3. The van der Waals surface area contributed by atoms with E-state index in [1.165, 1.54) is 31.3 Å². The fraction of sp³-hybridized carbons (Fsp3) is 0.353. The van der Waals surface area contributed by atoms with Crippen LogP contribution in [0, 0.1) is 5.82 Å². The van der Waals surface area contributed by atoms with Gasteiger partial charge in [-0.15, -0.1) is 5.10 Å². The van der Waals surface area contributed by atoms with Gasteiger partial charge in [0.25, 0.3) is 5.56 Å². The zero-order valence-electron chi connectivity index (χ0n) is 15.1. The number of benzene rings is 1. The van der Waals surface area contributed by atoms with E-state index in [1.54, 1.807) is 0 Å². The van der Waals surface area contributed by atoms with Crippen LogP contribution in [0.4, 0.5) is 4.39 Å². The first-order valence-electron chi connectivity index (χ1n) is 8.59. The van der Waals surface area contributed by atoms with Gasteiger partial charge < -0.3 is 15.2 Å². The minimum absolute atomic E-state index is 0.0447. The minimum atomic E-state index is -0.649. The van der Waals surface area contributed by atoms with Gasteiger partial charge in [0, 0.05) is 13.6 Å². The van der Waals surface area contributed by atoms with E-state index in [9.17, 15) is 14.0 Å². The van der Waals surface area contributed by atoms with Gasteiger partial charge in [0.1, 0.15) is 5.82 Å². The average molecular weight is 390 g/mol. The number of rotatable bonds is 8. The first-order valence-corrected chi connectivity index (χ1v) is 8.59. The van der Waals surface area contributed by atoms with Gasteiger partial charge in [-0.25, -0.2) is 13.8 Å². The van der Waals surface area contributed by atoms with Gasteiger partial charge in [0.2, 0.25) is 0 Å². The van der Waals surface area contributed by atoms with E-state index in [-0.39, 0.29) is 30.4 Å². The predicted octanol–water partition coefficient (Wildman–Crippen LogP) is -0.636. The molecular formula is C17H19FN6O4. The van der Waals surface area contributed by atoms with Crippen LogP contribution >= 0.6 is 0 Å². The van der Waals surface area contributed by atoms with Crippen molar-refractivity contribution < 1.29 is 14.2 Å². The number of hydrogen-bond donors (Lipinski definition) is 2. The summed E-state index contributed by atoms with van der Waals surface area (Å²) in [5.74, 6) is -0.459. The molecule has 11 heteroatoms. The maximum atomic E-state index is 13.2. The summed E-state index contributed by atoms with van der Waals surface area (Å²) in [6, 6.07) is 5.10. The fourth-order valence-corrected chi connectivity index (χ4v) is 2.53. The molecule has 0 saturated heterocycles. The molecule has 0 amide bonds. The van der Waals surface area contributed by atoms with Crippen molar-refractivity contribution in [1.29, 1.82) is 0 Å². The van der Waals surface area contributed by atoms with Crippen LogP contribution in [-0.4, -0.2) is 55.7 Å². The summed E-state index contributed by atoms with van der Waals surface area (Å²) in [6.45, 7) is 1.46. The Morgan fingerprint density at radius 3 is 2.64 bits per heavy atom. The number of fused-ring (bicyclic) bond motifs is 1.